The summed E-state index contributed by atoms with van der Waals surface area (Å²) < 4.78 is 11.7. The molecule has 2 unspecified atom stereocenters. The van der Waals surface area contributed by atoms with E-state index < -0.39 is 12.2 Å². The Kier molecular flexibility index (Phi) is 3.99. The minimum atomic E-state index is -0.619. The summed E-state index contributed by atoms with van der Waals surface area (Å²) >= 11 is 0. The summed E-state index contributed by atoms with van der Waals surface area (Å²) in [5.74, 6) is 0.634. The second kappa shape index (κ2) is 5.82. The lowest BCUT2D eigenvalue weighted by molar-refractivity contribution is -0.000664. The summed E-state index contributed by atoms with van der Waals surface area (Å²) in [6, 6.07) is 9.99. The average molecular weight is 310 g/mol. The zero-order chi connectivity index (χ0) is 16.7. The Hall–Kier alpha value is -2.13. The van der Waals surface area contributed by atoms with Crippen molar-refractivity contribution in [2.45, 2.75) is 39.9 Å². The van der Waals surface area contributed by atoms with Gasteiger partial charge in [0.25, 0.3) is 0 Å². The largest absolute Gasteiger partial charge is 0.482 e. The molecule has 0 amide bonds. The monoisotopic (exact) mass is 310 g/mol. The van der Waals surface area contributed by atoms with Gasteiger partial charge >= 0.3 is 0 Å². The topological polar surface area (TPSA) is 35.5 Å². The number of carbonyl (C=O) groups is 1. The lowest BCUT2D eigenvalue weighted by atomic mass is 9.90. The lowest BCUT2D eigenvalue weighted by Gasteiger charge is -2.32. The van der Waals surface area contributed by atoms with Gasteiger partial charge in [-0.3, -0.25) is 4.79 Å². The first-order valence-corrected chi connectivity index (χ1v) is 7.84. The normalized spacial score (nSPS) is 20.1. The van der Waals surface area contributed by atoms with Gasteiger partial charge in [0.2, 0.25) is 0 Å². The van der Waals surface area contributed by atoms with Gasteiger partial charge in [-0.25, -0.2) is 0 Å². The highest BCUT2D eigenvalue weighted by Gasteiger charge is 2.38. The number of hydrogen-bond donors (Lipinski definition) is 0. The smallest absolute Gasteiger partial charge is 0.199 e. The van der Waals surface area contributed by atoms with Crippen molar-refractivity contribution in [3.8, 4) is 5.75 Å². The first-order valence-electron chi connectivity index (χ1n) is 7.84. The molecule has 2 atom stereocenters. The van der Waals surface area contributed by atoms with Crippen molar-refractivity contribution in [1.29, 1.82) is 0 Å². The fraction of sp³-hybridized carbons (Fsp3) is 0.350. The zero-order valence-electron chi connectivity index (χ0n) is 14.3. The number of Topliss-reactive ketones (excluding diaryl/α,β-unsaturated/α-hetero) is 1. The number of hydrogen-bond acceptors (Lipinski definition) is 3. The SMILES string of the molecule is COC1C(=O)c2cc(C)c(C)cc2OC1c1ccc(C)c(C)c1. The third-order valence-electron chi connectivity index (χ3n) is 4.76. The van der Waals surface area contributed by atoms with E-state index in [2.05, 4.69) is 26.0 Å². The van der Waals surface area contributed by atoms with E-state index in [0.29, 0.717) is 11.3 Å². The molecule has 120 valence electrons. The van der Waals surface area contributed by atoms with Crippen LogP contribution in [0.25, 0.3) is 0 Å². The van der Waals surface area contributed by atoms with Crippen LogP contribution in [0.4, 0.5) is 0 Å². The van der Waals surface area contributed by atoms with Crippen molar-refractivity contribution in [2.24, 2.45) is 0 Å². The summed E-state index contributed by atoms with van der Waals surface area (Å²) in [5.41, 5.74) is 6.18. The van der Waals surface area contributed by atoms with Gasteiger partial charge in [0.05, 0.1) is 5.56 Å². The summed E-state index contributed by atoms with van der Waals surface area (Å²) in [5, 5.41) is 0. The van der Waals surface area contributed by atoms with E-state index in [1.807, 2.05) is 32.0 Å². The first kappa shape index (κ1) is 15.8. The molecule has 0 N–H and O–H groups in total. The second-order valence-electron chi connectivity index (χ2n) is 6.34. The number of fused-ring (bicyclic) bond motifs is 1. The van der Waals surface area contributed by atoms with Crippen molar-refractivity contribution in [2.75, 3.05) is 7.11 Å². The number of ketones is 1. The van der Waals surface area contributed by atoms with E-state index in [1.54, 1.807) is 7.11 Å². The van der Waals surface area contributed by atoms with E-state index in [9.17, 15) is 4.79 Å². The number of methoxy groups -OCH3 is 1. The lowest BCUT2D eigenvalue weighted by Crippen LogP contribution is -2.38. The van der Waals surface area contributed by atoms with Gasteiger partial charge in [-0.05, 0) is 67.6 Å². The van der Waals surface area contributed by atoms with Gasteiger partial charge in [0.1, 0.15) is 5.75 Å². The number of benzene rings is 2. The molecule has 3 rings (SSSR count). The fourth-order valence-corrected chi connectivity index (χ4v) is 2.98. The van der Waals surface area contributed by atoms with Crippen molar-refractivity contribution in [3.05, 3.63) is 63.7 Å². The van der Waals surface area contributed by atoms with E-state index >= 15 is 0 Å². The Labute approximate surface area is 137 Å². The number of rotatable bonds is 2. The van der Waals surface area contributed by atoms with Crippen molar-refractivity contribution < 1.29 is 14.3 Å². The quantitative estimate of drug-likeness (QED) is 0.832. The molecule has 2 aromatic rings. The third-order valence-corrected chi connectivity index (χ3v) is 4.76. The Morgan fingerprint density at radius 3 is 2.22 bits per heavy atom. The Morgan fingerprint density at radius 2 is 1.57 bits per heavy atom. The summed E-state index contributed by atoms with van der Waals surface area (Å²) in [6.07, 6.45) is -1.03. The van der Waals surface area contributed by atoms with Crippen LogP contribution in [0.15, 0.2) is 30.3 Å². The number of carbonyl (C=O) groups excluding carboxylic acids is 1. The molecule has 3 nitrogen and oxygen atoms in total. The van der Waals surface area contributed by atoms with Crippen LogP contribution in [0.3, 0.4) is 0 Å². The van der Waals surface area contributed by atoms with Crippen LogP contribution in [0, 0.1) is 27.7 Å². The molecule has 0 aromatic heterocycles. The van der Waals surface area contributed by atoms with Gasteiger partial charge in [-0.15, -0.1) is 0 Å². The minimum Gasteiger partial charge on any atom is -0.482 e. The molecule has 0 radical (unpaired) electrons. The Bertz CT molecular complexity index is 777. The molecule has 2 aromatic carbocycles. The third kappa shape index (κ3) is 2.66. The Balaban J connectivity index is 2.09. The highest BCUT2D eigenvalue weighted by atomic mass is 16.5. The molecule has 0 aliphatic carbocycles. The van der Waals surface area contributed by atoms with Crippen LogP contribution in [0.2, 0.25) is 0 Å². The molecule has 3 heteroatoms. The minimum absolute atomic E-state index is 0.0138. The predicted molar refractivity (Wildman–Crippen MR) is 90.3 cm³/mol. The highest BCUT2D eigenvalue weighted by molar-refractivity contribution is 6.03. The van der Waals surface area contributed by atoms with E-state index in [4.69, 9.17) is 9.47 Å². The number of ether oxygens (including phenoxy) is 2. The van der Waals surface area contributed by atoms with Crippen molar-refractivity contribution in [1.82, 2.24) is 0 Å². The maximum absolute atomic E-state index is 12.8. The summed E-state index contributed by atoms with van der Waals surface area (Å²) in [4.78, 5) is 12.8. The summed E-state index contributed by atoms with van der Waals surface area (Å²) in [6.45, 7) is 8.16. The predicted octanol–water partition coefficient (Wildman–Crippen LogP) is 4.25. The molecule has 0 saturated heterocycles. The zero-order valence-corrected chi connectivity index (χ0v) is 14.3. The van der Waals surface area contributed by atoms with Crippen LogP contribution in [0.1, 0.15) is 44.3 Å². The molecule has 1 heterocycles. The first-order chi connectivity index (χ1) is 10.9. The standard InChI is InChI=1S/C20H22O3/c1-11-6-7-15(8-12(11)2)19-20(22-5)18(21)16-9-13(3)14(4)10-17(16)23-19/h6-10,19-20H,1-5H3. The molecule has 0 bridgehead atoms. The van der Waals surface area contributed by atoms with Gasteiger partial charge in [0.15, 0.2) is 18.0 Å². The van der Waals surface area contributed by atoms with Crippen LogP contribution in [-0.2, 0) is 4.74 Å². The Morgan fingerprint density at radius 1 is 0.913 bits per heavy atom. The van der Waals surface area contributed by atoms with Gasteiger partial charge < -0.3 is 9.47 Å². The van der Waals surface area contributed by atoms with Crippen LogP contribution < -0.4 is 4.74 Å². The van der Waals surface area contributed by atoms with E-state index in [-0.39, 0.29) is 5.78 Å². The molecule has 1 aliphatic heterocycles. The molecule has 23 heavy (non-hydrogen) atoms. The van der Waals surface area contributed by atoms with Crippen molar-refractivity contribution in [3.63, 3.8) is 0 Å². The molecule has 0 saturated carbocycles. The van der Waals surface area contributed by atoms with Gasteiger partial charge in [0, 0.05) is 7.11 Å². The van der Waals surface area contributed by atoms with E-state index in [0.717, 1.165) is 16.7 Å². The van der Waals surface area contributed by atoms with Gasteiger partial charge in [-0.2, -0.15) is 0 Å². The highest BCUT2D eigenvalue weighted by Crippen LogP contribution is 2.38. The number of aryl methyl sites for hydroxylation is 4. The molecule has 0 spiro atoms. The van der Waals surface area contributed by atoms with Crippen molar-refractivity contribution >= 4 is 5.78 Å². The average Bonchev–Trinajstić information content (AvgIpc) is 2.52. The summed E-state index contributed by atoms with van der Waals surface area (Å²) in [7, 11) is 1.56. The second-order valence-corrected chi connectivity index (χ2v) is 6.34. The molecule has 0 fully saturated rings. The maximum atomic E-state index is 12.8. The molecule has 1 aliphatic rings. The van der Waals surface area contributed by atoms with E-state index in [1.165, 1.54) is 11.1 Å². The molecular weight excluding hydrogens is 288 g/mol. The fourth-order valence-electron chi connectivity index (χ4n) is 2.98. The van der Waals surface area contributed by atoms with Crippen LogP contribution in [-0.4, -0.2) is 19.0 Å². The van der Waals surface area contributed by atoms with Crippen LogP contribution >= 0.6 is 0 Å². The maximum Gasteiger partial charge on any atom is 0.199 e. The van der Waals surface area contributed by atoms with Gasteiger partial charge in [-0.1, -0.05) is 18.2 Å². The van der Waals surface area contributed by atoms with Crippen LogP contribution in [0.5, 0.6) is 5.75 Å². The molecular formula is C20H22O3.